The molecule has 1 amide bonds. The van der Waals surface area contributed by atoms with Gasteiger partial charge in [0, 0.05) is 31.0 Å². The molecule has 0 bridgehead atoms. The van der Waals surface area contributed by atoms with Gasteiger partial charge in [-0.15, -0.1) is 0 Å². The number of anilines is 2. The quantitative estimate of drug-likeness (QED) is 0.797. The second-order valence-corrected chi connectivity index (χ2v) is 9.15. The molecule has 1 saturated heterocycles. The number of carbonyl (C=O) groups is 1. The summed E-state index contributed by atoms with van der Waals surface area (Å²) in [6.07, 6.45) is 2.99. The van der Waals surface area contributed by atoms with E-state index >= 15 is 0 Å². The zero-order valence-electron chi connectivity index (χ0n) is 15.2. The summed E-state index contributed by atoms with van der Waals surface area (Å²) in [5.41, 5.74) is 2.61. The lowest BCUT2D eigenvalue weighted by molar-refractivity contribution is 0.0702. The predicted molar refractivity (Wildman–Crippen MR) is 103 cm³/mol. The summed E-state index contributed by atoms with van der Waals surface area (Å²) in [7, 11) is -3.06. The van der Waals surface area contributed by atoms with E-state index in [1.807, 2.05) is 30.0 Å². The molecular weight excluding hydrogens is 364 g/mol. The molecule has 1 atom stereocenters. The van der Waals surface area contributed by atoms with Gasteiger partial charge < -0.3 is 9.80 Å². The SMILES string of the molecule is CCN(C(=O)c1ccnc(N2CCc3ccccc32)n1)C1CCS(=O)(=O)C1. The predicted octanol–water partition coefficient (Wildman–Crippen LogP) is 1.82. The van der Waals surface area contributed by atoms with Crippen molar-refractivity contribution in [1.82, 2.24) is 14.9 Å². The standard InChI is InChI=1S/C19H22N4O3S/c1-2-22(15-9-12-27(25,26)13-15)18(24)16-7-10-20-19(21-16)23-11-8-14-5-3-4-6-17(14)23/h3-7,10,15H,2,8-9,11-13H2,1H3. The Balaban J connectivity index is 1.60. The molecule has 4 rings (SSSR count). The first-order chi connectivity index (χ1) is 13.0. The molecule has 0 saturated carbocycles. The number of amides is 1. The largest absolute Gasteiger partial charge is 0.334 e. The summed E-state index contributed by atoms with van der Waals surface area (Å²) >= 11 is 0. The molecule has 1 aromatic carbocycles. The molecule has 27 heavy (non-hydrogen) atoms. The fourth-order valence-corrected chi connectivity index (χ4v) is 5.61. The minimum atomic E-state index is -3.06. The smallest absolute Gasteiger partial charge is 0.272 e. The van der Waals surface area contributed by atoms with Crippen LogP contribution in [-0.4, -0.2) is 59.8 Å². The summed E-state index contributed by atoms with van der Waals surface area (Å²) in [5.74, 6) is 0.432. The van der Waals surface area contributed by atoms with Gasteiger partial charge >= 0.3 is 0 Å². The van der Waals surface area contributed by atoms with Gasteiger partial charge in [-0.2, -0.15) is 0 Å². The van der Waals surface area contributed by atoms with Gasteiger partial charge in [-0.25, -0.2) is 18.4 Å². The zero-order chi connectivity index (χ0) is 19.0. The van der Waals surface area contributed by atoms with E-state index < -0.39 is 9.84 Å². The van der Waals surface area contributed by atoms with Crippen LogP contribution in [0.15, 0.2) is 36.5 Å². The first-order valence-corrected chi connectivity index (χ1v) is 11.0. The van der Waals surface area contributed by atoms with E-state index in [1.165, 1.54) is 5.56 Å². The third-order valence-electron chi connectivity index (χ3n) is 5.24. The van der Waals surface area contributed by atoms with Gasteiger partial charge in [-0.1, -0.05) is 18.2 Å². The summed E-state index contributed by atoms with van der Waals surface area (Å²) in [4.78, 5) is 25.5. The number of aromatic nitrogens is 2. The van der Waals surface area contributed by atoms with Gasteiger partial charge in [0.1, 0.15) is 5.69 Å². The third kappa shape index (κ3) is 3.41. The molecule has 1 unspecified atom stereocenters. The number of benzene rings is 1. The molecule has 2 aromatic rings. The van der Waals surface area contributed by atoms with E-state index in [4.69, 9.17) is 0 Å². The molecule has 0 spiro atoms. The second-order valence-electron chi connectivity index (χ2n) is 6.92. The number of sulfone groups is 1. The van der Waals surface area contributed by atoms with Gasteiger partial charge in [-0.3, -0.25) is 4.79 Å². The molecular formula is C19H22N4O3S. The van der Waals surface area contributed by atoms with Crippen molar-refractivity contribution < 1.29 is 13.2 Å². The fraction of sp³-hybridized carbons (Fsp3) is 0.421. The van der Waals surface area contributed by atoms with Crippen LogP contribution in [0.4, 0.5) is 11.6 Å². The van der Waals surface area contributed by atoms with Crippen molar-refractivity contribution in [3.8, 4) is 0 Å². The molecule has 8 heteroatoms. The Morgan fingerprint density at radius 3 is 2.85 bits per heavy atom. The highest BCUT2D eigenvalue weighted by Gasteiger charge is 2.35. The molecule has 0 aliphatic carbocycles. The highest BCUT2D eigenvalue weighted by Crippen LogP contribution is 2.32. The van der Waals surface area contributed by atoms with Crippen LogP contribution in [0.3, 0.4) is 0 Å². The molecule has 142 valence electrons. The highest BCUT2D eigenvalue weighted by molar-refractivity contribution is 7.91. The van der Waals surface area contributed by atoms with Gasteiger partial charge in [0.15, 0.2) is 9.84 Å². The highest BCUT2D eigenvalue weighted by atomic mass is 32.2. The Morgan fingerprint density at radius 2 is 2.11 bits per heavy atom. The lowest BCUT2D eigenvalue weighted by atomic mass is 10.2. The molecule has 3 heterocycles. The average molecular weight is 386 g/mol. The summed E-state index contributed by atoms with van der Waals surface area (Å²) in [6, 6.07) is 9.42. The van der Waals surface area contributed by atoms with Crippen molar-refractivity contribution in [2.24, 2.45) is 0 Å². The molecule has 7 nitrogen and oxygen atoms in total. The van der Waals surface area contributed by atoms with E-state index in [0.29, 0.717) is 24.6 Å². The Kier molecular flexibility index (Phi) is 4.59. The van der Waals surface area contributed by atoms with Crippen molar-refractivity contribution in [1.29, 1.82) is 0 Å². The maximum Gasteiger partial charge on any atom is 0.272 e. The Bertz CT molecular complexity index is 976. The van der Waals surface area contributed by atoms with Crippen molar-refractivity contribution in [2.45, 2.75) is 25.8 Å². The van der Waals surface area contributed by atoms with Gasteiger partial charge in [0.05, 0.1) is 11.5 Å². The number of hydrogen-bond acceptors (Lipinski definition) is 6. The molecule has 2 aliphatic heterocycles. The van der Waals surface area contributed by atoms with Crippen LogP contribution in [0.25, 0.3) is 0 Å². The Hall–Kier alpha value is -2.48. The number of hydrogen-bond donors (Lipinski definition) is 0. The third-order valence-corrected chi connectivity index (χ3v) is 6.99. The average Bonchev–Trinajstić information content (AvgIpc) is 3.25. The normalized spacial score (nSPS) is 20.5. The first-order valence-electron chi connectivity index (χ1n) is 9.18. The van der Waals surface area contributed by atoms with E-state index in [2.05, 4.69) is 16.0 Å². The van der Waals surface area contributed by atoms with Crippen LogP contribution >= 0.6 is 0 Å². The van der Waals surface area contributed by atoms with Crippen LogP contribution in [0.1, 0.15) is 29.4 Å². The van der Waals surface area contributed by atoms with Crippen molar-refractivity contribution >= 4 is 27.4 Å². The summed E-state index contributed by atoms with van der Waals surface area (Å²) < 4.78 is 23.6. The number of nitrogens with zero attached hydrogens (tertiary/aromatic N) is 4. The van der Waals surface area contributed by atoms with Crippen LogP contribution < -0.4 is 4.90 Å². The first kappa shape index (κ1) is 17.9. The molecule has 1 aromatic heterocycles. The van der Waals surface area contributed by atoms with Crippen molar-refractivity contribution in [2.75, 3.05) is 29.5 Å². The van der Waals surface area contributed by atoms with Gasteiger partial charge in [0.25, 0.3) is 5.91 Å². The molecule has 2 aliphatic rings. The van der Waals surface area contributed by atoms with Crippen LogP contribution in [-0.2, 0) is 16.3 Å². The van der Waals surface area contributed by atoms with Gasteiger partial charge in [0.2, 0.25) is 5.95 Å². The lowest BCUT2D eigenvalue weighted by Crippen LogP contribution is -2.41. The minimum Gasteiger partial charge on any atom is -0.334 e. The summed E-state index contributed by atoms with van der Waals surface area (Å²) in [6.45, 7) is 3.09. The van der Waals surface area contributed by atoms with Crippen molar-refractivity contribution in [3.05, 3.63) is 47.8 Å². The maximum absolute atomic E-state index is 13.0. The van der Waals surface area contributed by atoms with Crippen LogP contribution in [0.5, 0.6) is 0 Å². The monoisotopic (exact) mass is 386 g/mol. The number of para-hydroxylation sites is 1. The van der Waals surface area contributed by atoms with Crippen LogP contribution in [0.2, 0.25) is 0 Å². The number of fused-ring (bicyclic) bond motifs is 1. The zero-order valence-corrected chi connectivity index (χ0v) is 16.0. The minimum absolute atomic E-state index is 0.0318. The van der Waals surface area contributed by atoms with Gasteiger partial charge in [-0.05, 0) is 37.5 Å². The second kappa shape index (κ2) is 6.92. The van der Waals surface area contributed by atoms with E-state index in [-0.39, 0.29) is 23.5 Å². The summed E-state index contributed by atoms with van der Waals surface area (Å²) in [5, 5.41) is 0. The fourth-order valence-electron chi connectivity index (χ4n) is 3.88. The lowest BCUT2D eigenvalue weighted by Gasteiger charge is -2.27. The van der Waals surface area contributed by atoms with Crippen LogP contribution in [0, 0.1) is 0 Å². The van der Waals surface area contributed by atoms with E-state index in [0.717, 1.165) is 18.7 Å². The van der Waals surface area contributed by atoms with E-state index in [1.54, 1.807) is 17.2 Å². The van der Waals surface area contributed by atoms with E-state index in [9.17, 15) is 13.2 Å². The molecule has 1 fully saturated rings. The molecule has 0 N–H and O–H groups in total. The van der Waals surface area contributed by atoms with Crippen molar-refractivity contribution in [3.63, 3.8) is 0 Å². The Morgan fingerprint density at radius 1 is 1.30 bits per heavy atom. The number of rotatable bonds is 4. The molecule has 0 radical (unpaired) electrons. The Labute approximate surface area is 159 Å². The topological polar surface area (TPSA) is 83.5 Å². The number of carbonyl (C=O) groups excluding carboxylic acids is 1. The maximum atomic E-state index is 13.0.